The van der Waals surface area contributed by atoms with E-state index in [9.17, 15) is 17.6 Å². The summed E-state index contributed by atoms with van der Waals surface area (Å²) in [5.41, 5.74) is 2.20. The fraction of sp³-hybridized carbons (Fsp3) is 0.250. The summed E-state index contributed by atoms with van der Waals surface area (Å²) < 4.78 is 41.8. The van der Waals surface area contributed by atoms with Gasteiger partial charge in [0.25, 0.3) is 0 Å². The molecule has 0 radical (unpaired) electrons. The average Bonchev–Trinajstić information content (AvgIpc) is 2.62. The van der Waals surface area contributed by atoms with Gasteiger partial charge in [0.15, 0.2) is 9.84 Å². The Morgan fingerprint density at radius 1 is 1.00 bits per heavy atom. The summed E-state index contributed by atoms with van der Waals surface area (Å²) in [6.07, 6.45) is 1.62. The largest absolute Gasteiger partial charge is 0.462 e. The van der Waals surface area contributed by atoms with E-state index in [1.807, 2.05) is 13.8 Å². The summed E-state index contributed by atoms with van der Waals surface area (Å²) in [5.74, 6) is -0.945. The predicted molar refractivity (Wildman–Crippen MR) is 99.7 cm³/mol. The molecule has 4 nitrogen and oxygen atoms in total. The fourth-order valence-corrected chi connectivity index (χ4v) is 3.32. The maximum absolute atomic E-state index is 13.5. The Balaban J connectivity index is 0.00000117. The van der Waals surface area contributed by atoms with Gasteiger partial charge in [0.05, 0.1) is 17.1 Å². The molecule has 0 saturated carbocycles. The number of ether oxygens (including phenoxy) is 1. The molecule has 138 valence electrons. The van der Waals surface area contributed by atoms with E-state index < -0.39 is 21.6 Å². The first kappa shape index (κ1) is 19.8. The lowest BCUT2D eigenvalue weighted by atomic mass is 9.91. The lowest BCUT2D eigenvalue weighted by Gasteiger charge is -2.20. The van der Waals surface area contributed by atoms with Gasteiger partial charge in [-0.25, -0.2) is 17.6 Å². The standard InChI is InChI=1S/C18H15FO4S.C2H6/c1-24(21,22)15-7-5-12(6-8-15)16-9-10-23-18(20)17(16)13-3-2-4-14(19)11-13;1-2/h2-8,11H,9-10H2,1H3;1-2H3. The molecule has 0 aliphatic carbocycles. The van der Waals surface area contributed by atoms with Crippen molar-refractivity contribution in [2.75, 3.05) is 12.9 Å². The molecule has 6 heteroatoms. The highest BCUT2D eigenvalue weighted by Crippen LogP contribution is 2.33. The van der Waals surface area contributed by atoms with Gasteiger partial charge in [-0.2, -0.15) is 0 Å². The number of hydrogen-bond acceptors (Lipinski definition) is 4. The lowest BCUT2D eigenvalue weighted by molar-refractivity contribution is -0.136. The minimum absolute atomic E-state index is 0.206. The highest BCUT2D eigenvalue weighted by atomic mass is 32.2. The van der Waals surface area contributed by atoms with Crippen molar-refractivity contribution >= 4 is 27.0 Å². The van der Waals surface area contributed by atoms with Crippen LogP contribution in [0.4, 0.5) is 4.39 Å². The molecular formula is C20H21FO4S. The summed E-state index contributed by atoms with van der Waals surface area (Å²) in [6.45, 7) is 4.24. The van der Waals surface area contributed by atoms with Gasteiger partial charge in [-0.05, 0) is 41.0 Å². The topological polar surface area (TPSA) is 60.4 Å². The molecule has 3 rings (SSSR count). The van der Waals surface area contributed by atoms with Crippen molar-refractivity contribution in [3.05, 3.63) is 65.5 Å². The first-order valence-electron chi connectivity index (χ1n) is 8.33. The molecule has 26 heavy (non-hydrogen) atoms. The van der Waals surface area contributed by atoms with Gasteiger partial charge in [-0.15, -0.1) is 0 Å². The number of hydrogen-bond donors (Lipinski definition) is 0. The van der Waals surface area contributed by atoms with Gasteiger partial charge in [0.2, 0.25) is 0 Å². The summed E-state index contributed by atoms with van der Waals surface area (Å²) in [6, 6.07) is 12.1. The Labute approximate surface area is 153 Å². The molecule has 2 aromatic rings. The summed E-state index contributed by atoms with van der Waals surface area (Å²) in [5, 5.41) is 0. The van der Waals surface area contributed by atoms with E-state index >= 15 is 0 Å². The molecule has 0 N–H and O–H groups in total. The van der Waals surface area contributed by atoms with Crippen molar-refractivity contribution in [3.63, 3.8) is 0 Å². The van der Waals surface area contributed by atoms with Crippen LogP contribution in [0, 0.1) is 5.82 Å². The van der Waals surface area contributed by atoms with E-state index in [-0.39, 0.29) is 11.5 Å². The Morgan fingerprint density at radius 3 is 2.23 bits per heavy atom. The zero-order chi connectivity index (χ0) is 19.3. The van der Waals surface area contributed by atoms with Gasteiger partial charge < -0.3 is 4.74 Å². The van der Waals surface area contributed by atoms with Crippen molar-refractivity contribution in [3.8, 4) is 0 Å². The maximum atomic E-state index is 13.5. The molecule has 0 fully saturated rings. The molecule has 0 aromatic heterocycles. The van der Waals surface area contributed by atoms with Crippen LogP contribution >= 0.6 is 0 Å². The maximum Gasteiger partial charge on any atom is 0.339 e. The van der Waals surface area contributed by atoms with Crippen LogP contribution in [0.2, 0.25) is 0 Å². The van der Waals surface area contributed by atoms with E-state index in [0.717, 1.165) is 17.4 Å². The van der Waals surface area contributed by atoms with Crippen molar-refractivity contribution in [1.29, 1.82) is 0 Å². The van der Waals surface area contributed by atoms with Crippen LogP contribution < -0.4 is 0 Å². The van der Waals surface area contributed by atoms with E-state index in [0.29, 0.717) is 17.6 Å². The van der Waals surface area contributed by atoms with Gasteiger partial charge in [0, 0.05) is 12.7 Å². The van der Waals surface area contributed by atoms with Crippen molar-refractivity contribution in [2.45, 2.75) is 25.2 Å². The third-order valence-electron chi connectivity index (χ3n) is 3.84. The molecule has 0 unspecified atom stereocenters. The van der Waals surface area contributed by atoms with Crippen molar-refractivity contribution < 1.29 is 22.3 Å². The number of halogens is 1. The van der Waals surface area contributed by atoms with Gasteiger partial charge in [-0.3, -0.25) is 0 Å². The van der Waals surface area contributed by atoms with Crippen LogP contribution in [0.3, 0.4) is 0 Å². The van der Waals surface area contributed by atoms with E-state index in [1.54, 1.807) is 18.2 Å². The highest BCUT2D eigenvalue weighted by molar-refractivity contribution is 7.90. The third kappa shape index (κ3) is 4.38. The smallest absolute Gasteiger partial charge is 0.339 e. The summed E-state index contributed by atoms with van der Waals surface area (Å²) >= 11 is 0. The van der Waals surface area contributed by atoms with Crippen molar-refractivity contribution in [2.24, 2.45) is 0 Å². The van der Waals surface area contributed by atoms with Crippen LogP contribution in [0.5, 0.6) is 0 Å². The van der Waals surface area contributed by atoms with Gasteiger partial charge in [0.1, 0.15) is 5.82 Å². The van der Waals surface area contributed by atoms with Crippen LogP contribution in [0.25, 0.3) is 11.1 Å². The molecule has 1 aliphatic heterocycles. The Kier molecular flexibility index (Phi) is 6.32. The molecule has 2 aromatic carbocycles. The molecule has 0 spiro atoms. The van der Waals surface area contributed by atoms with E-state index in [1.165, 1.54) is 30.3 Å². The fourth-order valence-electron chi connectivity index (χ4n) is 2.69. The molecule has 0 atom stereocenters. The number of esters is 1. The van der Waals surface area contributed by atoms with E-state index in [2.05, 4.69) is 0 Å². The third-order valence-corrected chi connectivity index (χ3v) is 4.96. The number of carbonyl (C=O) groups excluding carboxylic acids is 1. The SMILES string of the molecule is CC.CS(=O)(=O)c1ccc(C2=C(c3cccc(F)c3)C(=O)OCC2)cc1. The average molecular weight is 376 g/mol. The summed E-state index contributed by atoms with van der Waals surface area (Å²) in [7, 11) is -3.29. The van der Waals surface area contributed by atoms with Gasteiger partial charge >= 0.3 is 5.97 Å². The Bertz CT molecular complexity index is 929. The Hall–Kier alpha value is -2.47. The van der Waals surface area contributed by atoms with Crippen LogP contribution in [-0.4, -0.2) is 27.2 Å². The quantitative estimate of drug-likeness (QED) is 0.757. The highest BCUT2D eigenvalue weighted by Gasteiger charge is 2.25. The molecule has 1 aliphatic rings. The predicted octanol–water partition coefficient (Wildman–Crippen LogP) is 4.11. The van der Waals surface area contributed by atoms with Crippen LogP contribution in [0.1, 0.15) is 31.4 Å². The number of carbonyl (C=O) groups is 1. The molecule has 0 bridgehead atoms. The number of cyclic esters (lactones) is 1. The Morgan fingerprint density at radius 2 is 1.65 bits per heavy atom. The van der Waals surface area contributed by atoms with Crippen LogP contribution in [-0.2, 0) is 19.4 Å². The summed E-state index contributed by atoms with van der Waals surface area (Å²) in [4.78, 5) is 12.4. The lowest BCUT2D eigenvalue weighted by Crippen LogP contribution is -2.16. The van der Waals surface area contributed by atoms with Gasteiger partial charge in [-0.1, -0.05) is 38.1 Å². The minimum Gasteiger partial charge on any atom is -0.462 e. The molecule has 0 saturated heterocycles. The molecule has 1 heterocycles. The molecule has 0 amide bonds. The van der Waals surface area contributed by atoms with Crippen molar-refractivity contribution in [1.82, 2.24) is 0 Å². The monoisotopic (exact) mass is 376 g/mol. The second-order valence-electron chi connectivity index (χ2n) is 5.55. The number of sulfone groups is 1. The van der Waals surface area contributed by atoms with Crippen LogP contribution in [0.15, 0.2) is 53.4 Å². The zero-order valence-electron chi connectivity index (χ0n) is 15.0. The first-order valence-corrected chi connectivity index (χ1v) is 10.2. The minimum atomic E-state index is -3.29. The second kappa shape index (κ2) is 8.27. The van der Waals surface area contributed by atoms with E-state index in [4.69, 9.17) is 4.74 Å². The second-order valence-corrected chi connectivity index (χ2v) is 7.56. The number of benzene rings is 2. The zero-order valence-corrected chi connectivity index (χ0v) is 15.8. The first-order chi connectivity index (χ1) is 12.4. The molecular weight excluding hydrogens is 355 g/mol. The normalized spacial score (nSPS) is 14.4. The number of rotatable bonds is 3.